The number of nitrogens with one attached hydrogen (secondary N) is 1. The van der Waals surface area contributed by atoms with Crippen LogP contribution >= 0.6 is 0 Å². The zero-order valence-corrected chi connectivity index (χ0v) is 13.0. The van der Waals surface area contributed by atoms with Crippen LogP contribution < -0.4 is 5.32 Å². The van der Waals surface area contributed by atoms with E-state index in [2.05, 4.69) is 24.1 Å². The minimum atomic E-state index is 0.00627. The van der Waals surface area contributed by atoms with Gasteiger partial charge < -0.3 is 15.3 Å². The first-order valence-corrected chi connectivity index (χ1v) is 8.15. The summed E-state index contributed by atoms with van der Waals surface area (Å²) in [5.41, 5.74) is 0.00627. The van der Waals surface area contributed by atoms with Crippen LogP contribution in [0.1, 0.15) is 52.4 Å². The average molecular weight is 268 g/mol. The lowest BCUT2D eigenvalue weighted by Gasteiger charge is -2.39. The van der Waals surface area contributed by atoms with E-state index in [4.69, 9.17) is 0 Å². The predicted octanol–water partition coefficient (Wildman–Crippen LogP) is 2.25. The second kappa shape index (κ2) is 6.55. The van der Waals surface area contributed by atoms with Crippen LogP contribution in [0.4, 0.5) is 0 Å². The average Bonchev–Trinajstić information content (AvgIpc) is 2.81. The second-order valence-corrected chi connectivity index (χ2v) is 6.96. The van der Waals surface area contributed by atoms with E-state index in [-0.39, 0.29) is 5.54 Å². The van der Waals surface area contributed by atoms with Gasteiger partial charge in [-0.15, -0.1) is 0 Å². The molecule has 4 atom stereocenters. The Morgan fingerprint density at radius 1 is 1.32 bits per heavy atom. The molecule has 19 heavy (non-hydrogen) atoms. The first kappa shape index (κ1) is 15.3. The molecule has 1 saturated heterocycles. The lowest BCUT2D eigenvalue weighted by molar-refractivity contribution is 0.0924. The SMILES string of the molecule is CNC1(CO)CCCC1CCN1CCC(C)CC1C. The number of likely N-dealkylation sites (tertiary alicyclic amines) is 1. The van der Waals surface area contributed by atoms with Crippen LogP contribution in [0.2, 0.25) is 0 Å². The standard InChI is InChI=1S/C16H32N2O/c1-13-6-9-18(14(2)11-13)10-7-15-5-4-8-16(15,12-19)17-3/h13-15,17,19H,4-12H2,1-3H3. The molecule has 2 aliphatic rings. The predicted molar refractivity (Wildman–Crippen MR) is 80.3 cm³/mol. The van der Waals surface area contributed by atoms with Gasteiger partial charge in [-0.1, -0.05) is 13.3 Å². The van der Waals surface area contributed by atoms with Gasteiger partial charge in [0, 0.05) is 11.6 Å². The van der Waals surface area contributed by atoms with Crippen LogP contribution in [-0.2, 0) is 0 Å². The number of rotatable bonds is 5. The van der Waals surface area contributed by atoms with Crippen LogP contribution in [0.15, 0.2) is 0 Å². The van der Waals surface area contributed by atoms with Crippen LogP contribution in [0.5, 0.6) is 0 Å². The molecule has 112 valence electrons. The Labute approximate surface area is 118 Å². The van der Waals surface area contributed by atoms with Crippen LogP contribution in [-0.4, -0.2) is 48.3 Å². The summed E-state index contributed by atoms with van der Waals surface area (Å²) in [7, 11) is 2.01. The smallest absolute Gasteiger partial charge is 0.0615 e. The topological polar surface area (TPSA) is 35.5 Å². The molecule has 3 heteroatoms. The number of hydrogen-bond acceptors (Lipinski definition) is 3. The molecular weight excluding hydrogens is 236 g/mol. The Morgan fingerprint density at radius 2 is 2.11 bits per heavy atom. The first-order valence-electron chi connectivity index (χ1n) is 8.15. The number of likely N-dealkylation sites (N-methyl/N-ethyl adjacent to an activating group) is 1. The van der Waals surface area contributed by atoms with E-state index >= 15 is 0 Å². The first-order chi connectivity index (χ1) is 9.11. The van der Waals surface area contributed by atoms with E-state index in [0.29, 0.717) is 12.5 Å². The zero-order chi connectivity index (χ0) is 13.9. The normalized spacial score (nSPS) is 40.7. The van der Waals surface area contributed by atoms with Crippen molar-refractivity contribution in [3.63, 3.8) is 0 Å². The van der Waals surface area contributed by atoms with E-state index < -0.39 is 0 Å². The minimum absolute atomic E-state index is 0.00627. The summed E-state index contributed by atoms with van der Waals surface area (Å²) in [5.74, 6) is 1.54. The number of aliphatic hydroxyl groups is 1. The molecule has 0 bridgehead atoms. The van der Waals surface area contributed by atoms with Gasteiger partial charge in [-0.3, -0.25) is 0 Å². The summed E-state index contributed by atoms with van der Waals surface area (Å²) in [6.07, 6.45) is 7.62. The highest BCUT2D eigenvalue weighted by molar-refractivity contribution is 4.98. The quantitative estimate of drug-likeness (QED) is 0.803. The van der Waals surface area contributed by atoms with Gasteiger partial charge in [0.2, 0.25) is 0 Å². The molecule has 4 unspecified atom stereocenters. The summed E-state index contributed by atoms with van der Waals surface area (Å²) in [6, 6.07) is 0.739. The molecule has 2 N–H and O–H groups in total. The Morgan fingerprint density at radius 3 is 2.74 bits per heavy atom. The van der Waals surface area contributed by atoms with Crippen molar-refractivity contribution in [1.82, 2.24) is 10.2 Å². The highest BCUT2D eigenvalue weighted by Gasteiger charge is 2.41. The monoisotopic (exact) mass is 268 g/mol. The van der Waals surface area contributed by atoms with Crippen LogP contribution in [0, 0.1) is 11.8 Å². The Kier molecular flexibility index (Phi) is 5.27. The van der Waals surface area contributed by atoms with Gasteiger partial charge >= 0.3 is 0 Å². The van der Waals surface area contributed by atoms with Gasteiger partial charge in [0.15, 0.2) is 0 Å². The van der Waals surface area contributed by atoms with Crippen molar-refractivity contribution in [3.05, 3.63) is 0 Å². The maximum Gasteiger partial charge on any atom is 0.0615 e. The molecule has 1 heterocycles. The molecule has 0 amide bonds. The molecule has 3 nitrogen and oxygen atoms in total. The third-order valence-electron chi connectivity index (χ3n) is 5.78. The number of piperidine rings is 1. The lowest BCUT2D eigenvalue weighted by Crippen LogP contribution is -2.50. The Hall–Kier alpha value is -0.120. The molecule has 0 aromatic rings. The van der Waals surface area contributed by atoms with Gasteiger partial charge in [0.1, 0.15) is 0 Å². The zero-order valence-electron chi connectivity index (χ0n) is 13.0. The molecule has 0 aromatic heterocycles. The summed E-state index contributed by atoms with van der Waals surface area (Å²) in [6.45, 7) is 7.52. The second-order valence-electron chi connectivity index (χ2n) is 6.96. The van der Waals surface area contributed by atoms with Crippen molar-refractivity contribution in [2.75, 3.05) is 26.7 Å². The maximum absolute atomic E-state index is 9.73. The summed E-state index contributed by atoms with van der Waals surface area (Å²) < 4.78 is 0. The number of aliphatic hydroxyl groups excluding tert-OH is 1. The van der Waals surface area contributed by atoms with Crippen molar-refractivity contribution in [2.45, 2.75) is 64.0 Å². The van der Waals surface area contributed by atoms with Gasteiger partial charge in [-0.25, -0.2) is 0 Å². The van der Waals surface area contributed by atoms with Crippen molar-refractivity contribution in [2.24, 2.45) is 11.8 Å². The highest BCUT2D eigenvalue weighted by Crippen LogP contribution is 2.38. The van der Waals surface area contributed by atoms with Gasteiger partial charge in [-0.05, 0) is 71.0 Å². The van der Waals surface area contributed by atoms with Crippen LogP contribution in [0.25, 0.3) is 0 Å². The van der Waals surface area contributed by atoms with E-state index in [1.54, 1.807) is 0 Å². The summed E-state index contributed by atoms with van der Waals surface area (Å²) in [4.78, 5) is 2.66. The maximum atomic E-state index is 9.73. The Balaban J connectivity index is 1.84. The largest absolute Gasteiger partial charge is 0.394 e. The lowest BCUT2D eigenvalue weighted by atomic mass is 9.84. The molecular formula is C16H32N2O. The third kappa shape index (κ3) is 3.32. The fourth-order valence-electron chi connectivity index (χ4n) is 4.29. The van der Waals surface area contributed by atoms with E-state index in [9.17, 15) is 5.11 Å². The summed E-state index contributed by atoms with van der Waals surface area (Å²) >= 11 is 0. The van der Waals surface area contributed by atoms with E-state index in [0.717, 1.165) is 18.4 Å². The Bertz CT molecular complexity index is 278. The molecule has 2 rings (SSSR count). The van der Waals surface area contributed by atoms with Crippen LogP contribution in [0.3, 0.4) is 0 Å². The molecule has 0 aromatic carbocycles. The van der Waals surface area contributed by atoms with Gasteiger partial charge in [-0.2, -0.15) is 0 Å². The fourth-order valence-corrected chi connectivity index (χ4v) is 4.29. The van der Waals surface area contributed by atoms with E-state index in [1.807, 2.05) is 7.05 Å². The highest BCUT2D eigenvalue weighted by atomic mass is 16.3. The van der Waals surface area contributed by atoms with Gasteiger partial charge in [0.25, 0.3) is 0 Å². The number of nitrogens with zero attached hydrogens (tertiary/aromatic N) is 1. The summed E-state index contributed by atoms with van der Waals surface area (Å²) in [5, 5.41) is 13.1. The molecule has 1 aliphatic heterocycles. The van der Waals surface area contributed by atoms with Crippen molar-refractivity contribution >= 4 is 0 Å². The third-order valence-corrected chi connectivity index (χ3v) is 5.78. The number of hydrogen-bond donors (Lipinski definition) is 2. The minimum Gasteiger partial charge on any atom is -0.394 e. The van der Waals surface area contributed by atoms with Gasteiger partial charge in [0.05, 0.1) is 6.61 Å². The van der Waals surface area contributed by atoms with E-state index in [1.165, 1.54) is 45.2 Å². The van der Waals surface area contributed by atoms with Crippen molar-refractivity contribution in [3.8, 4) is 0 Å². The fraction of sp³-hybridized carbons (Fsp3) is 1.00. The molecule has 2 fully saturated rings. The van der Waals surface area contributed by atoms with Crippen molar-refractivity contribution in [1.29, 1.82) is 0 Å². The molecule has 0 spiro atoms. The van der Waals surface area contributed by atoms with Crippen molar-refractivity contribution < 1.29 is 5.11 Å². The molecule has 1 saturated carbocycles. The molecule has 0 radical (unpaired) electrons. The molecule has 1 aliphatic carbocycles.